The number of anilines is 1. The number of hydrogen-bond acceptors (Lipinski definition) is 2. The Morgan fingerprint density at radius 2 is 1.46 bits per heavy atom. The summed E-state index contributed by atoms with van der Waals surface area (Å²) < 4.78 is 0. The zero-order chi connectivity index (χ0) is 19.1. The van der Waals surface area contributed by atoms with Gasteiger partial charge in [-0.2, -0.15) is 0 Å². The van der Waals surface area contributed by atoms with E-state index in [1.54, 1.807) is 12.1 Å². The molecule has 0 fully saturated rings. The van der Waals surface area contributed by atoms with Crippen LogP contribution in [-0.2, 0) is 10.8 Å². The highest BCUT2D eigenvalue weighted by Gasteiger charge is 2.37. The molecule has 0 atom stereocenters. The predicted octanol–water partition coefficient (Wildman–Crippen LogP) is 4.99. The quantitative estimate of drug-likeness (QED) is 0.819. The highest BCUT2D eigenvalue weighted by atomic mass is 16.4. The summed E-state index contributed by atoms with van der Waals surface area (Å²) in [7, 11) is 0. The van der Waals surface area contributed by atoms with E-state index in [-0.39, 0.29) is 22.0 Å². The molecule has 0 bridgehead atoms. The summed E-state index contributed by atoms with van der Waals surface area (Å²) in [5, 5.41) is 12.2. The van der Waals surface area contributed by atoms with E-state index in [1.807, 2.05) is 12.1 Å². The molecular formula is C22H25NO3. The first-order valence-electron chi connectivity index (χ1n) is 8.90. The molecular weight excluding hydrogens is 326 g/mol. The molecule has 0 aromatic heterocycles. The lowest BCUT2D eigenvalue weighted by molar-refractivity contribution is 0.0692. The van der Waals surface area contributed by atoms with Crippen molar-refractivity contribution < 1.29 is 14.7 Å². The lowest BCUT2D eigenvalue weighted by atomic mass is 9.63. The van der Waals surface area contributed by atoms with Crippen LogP contribution in [0.3, 0.4) is 0 Å². The number of nitrogens with one attached hydrogen (secondary N) is 1. The Morgan fingerprint density at radius 3 is 2.08 bits per heavy atom. The largest absolute Gasteiger partial charge is 0.478 e. The molecule has 2 N–H and O–H groups in total. The van der Waals surface area contributed by atoms with Crippen LogP contribution >= 0.6 is 0 Å². The minimum absolute atomic E-state index is 0.00410. The number of carboxylic acid groups (broad SMARTS) is 1. The molecule has 4 heteroatoms. The molecule has 3 rings (SSSR count). The van der Waals surface area contributed by atoms with Gasteiger partial charge in [0.25, 0.3) is 5.91 Å². The van der Waals surface area contributed by atoms with Crippen LogP contribution in [0.15, 0.2) is 42.5 Å². The number of hydrogen-bond donors (Lipinski definition) is 2. The molecule has 26 heavy (non-hydrogen) atoms. The van der Waals surface area contributed by atoms with Gasteiger partial charge in [-0.05, 0) is 59.1 Å². The monoisotopic (exact) mass is 351 g/mol. The Morgan fingerprint density at radius 1 is 0.885 bits per heavy atom. The second-order valence-electron chi connectivity index (χ2n) is 8.33. The molecule has 1 aliphatic carbocycles. The average Bonchev–Trinajstić information content (AvgIpc) is 2.59. The van der Waals surface area contributed by atoms with E-state index in [2.05, 4.69) is 39.1 Å². The van der Waals surface area contributed by atoms with Crippen LogP contribution in [0.1, 0.15) is 72.4 Å². The van der Waals surface area contributed by atoms with Crippen LogP contribution in [0.25, 0.3) is 0 Å². The molecule has 0 saturated carbocycles. The second-order valence-corrected chi connectivity index (χ2v) is 8.33. The molecule has 2 aromatic rings. The molecule has 2 aromatic carbocycles. The standard InChI is InChI=1S/C22H25NO3/c1-21(2)11-12-22(3,4)18-13-14(9-10-17(18)21)23-19(24)15-7-5-6-8-16(15)20(25)26/h5-10,13H,11-12H2,1-4H3,(H,23,24)(H,25,26). The number of aromatic carboxylic acids is 1. The average molecular weight is 351 g/mol. The maximum absolute atomic E-state index is 12.6. The fourth-order valence-electron chi connectivity index (χ4n) is 3.73. The van der Waals surface area contributed by atoms with Gasteiger partial charge in [-0.3, -0.25) is 4.79 Å². The highest BCUT2D eigenvalue weighted by molar-refractivity contribution is 6.10. The first-order chi connectivity index (χ1) is 12.1. The zero-order valence-corrected chi connectivity index (χ0v) is 15.7. The summed E-state index contributed by atoms with van der Waals surface area (Å²) in [6.45, 7) is 8.96. The number of rotatable bonds is 3. The Labute approximate surface area is 154 Å². The zero-order valence-electron chi connectivity index (χ0n) is 15.7. The van der Waals surface area contributed by atoms with Gasteiger partial charge in [-0.25, -0.2) is 4.79 Å². The maximum atomic E-state index is 12.6. The van der Waals surface area contributed by atoms with Crippen LogP contribution < -0.4 is 5.32 Å². The number of benzene rings is 2. The number of carbonyl (C=O) groups excluding carboxylic acids is 1. The van der Waals surface area contributed by atoms with Crippen molar-refractivity contribution in [1.29, 1.82) is 0 Å². The van der Waals surface area contributed by atoms with E-state index >= 15 is 0 Å². The molecule has 0 aliphatic heterocycles. The molecule has 1 amide bonds. The first kappa shape index (κ1) is 18.2. The molecule has 0 saturated heterocycles. The van der Waals surface area contributed by atoms with Crippen LogP contribution in [0.4, 0.5) is 5.69 Å². The van der Waals surface area contributed by atoms with Gasteiger partial charge in [-0.15, -0.1) is 0 Å². The van der Waals surface area contributed by atoms with E-state index in [0.29, 0.717) is 5.69 Å². The predicted molar refractivity (Wildman–Crippen MR) is 103 cm³/mol. The van der Waals surface area contributed by atoms with Gasteiger partial charge in [-0.1, -0.05) is 45.9 Å². The van der Waals surface area contributed by atoms with Crippen LogP contribution in [0.5, 0.6) is 0 Å². The van der Waals surface area contributed by atoms with Crippen molar-refractivity contribution in [2.75, 3.05) is 5.32 Å². The van der Waals surface area contributed by atoms with Crippen molar-refractivity contribution in [2.45, 2.75) is 51.4 Å². The summed E-state index contributed by atoms with van der Waals surface area (Å²) in [5.74, 6) is -1.51. The molecule has 0 heterocycles. The fraction of sp³-hybridized carbons (Fsp3) is 0.364. The summed E-state index contributed by atoms with van der Waals surface area (Å²) >= 11 is 0. The van der Waals surface area contributed by atoms with Gasteiger partial charge >= 0.3 is 5.97 Å². The maximum Gasteiger partial charge on any atom is 0.336 e. The Bertz CT molecular complexity index is 881. The van der Waals surface area contributed by atoms with Crippen molar-refractivity contribution in [3.63, 3.8) is 0 Å². The third kappa shape index (κ3) is 3.24. The van der Waals surface area contributed by atoms with Gasteiger partial charge in [0, 0.05) is 5.69 Å². The summed E-state index contributed by atoms with van der Waals surface area (Å²) in [5.41, 5.74) is 3.59. The minimum atomic E-state index is -1.11. The third-order valence-electron chi connectivity index (χ3n) is 5.51. The van der Waals surface area contributed by atoms with Gasteiger partial charge in [0.2, 0.25) is 0 Å². The van der Waals surface area contributed by atoms with E-state index in [4.69, 9.17) is 0 Å². The van der Waals surface area contributed by atoms with E-state index < -0.39 is 11.9 Å². The molecule has 1 aliphatic rings. The Balaban J connectivity index is 1.95. The number of amides is 1. The van der Waals surface area contributed by atoms with E-state index in [9.17, 15) is 14.7 Å². The van der Waals surface area contributed by atoms with Crippen molar-refractivity contribution >= 4 is 17.6 Å². The normalized spacial score (nSPS) is 17.2. The van der Waals surface area contributed by atoms with Gasteiger partial charge in [0.05, 0.1) is 11.1 Å². The Hall–Kier alpha value is -2.62. The molecule has 4 nitrogen and oxygen atoms in total. The van der Waals surface area contributed by atoms with Crippen molar-refractivity contribution in [1.82, 2.24) is 0 Å². The third-order valence-corrected chi connectivity index (χ3v) is 5.51. The molecule has 0 radical (unpaired) electrons. The van der Waals surface area contributed by atoms with Crippen molar-refractivity contribution in [3.05, 3.63) is 64.7 Å². The van der Waals surface area contributed by atoms with E-state index in [0.717, 1.165) is 12.8 Å². The van der Waals surface area contributed by atoms with Crippen LogP contribution in [0, 0.1) is 0 Å². The van der Waals surface area contributed by atoms with Gasteiger partial charge < -0.3 is 10.4 Å². The van der Waals surface area contributed by atoms with Gasteiger partial charge in [0.1, 0.15) is 0 Å². The number of fused-ring (bicyclic) bond motifs is 1. The lowest BCUT2D eigenvalue weighted by Gasteiger charge is -2.42. The molecule has 136 valence electrons. The van der Waals surface area contributed by atoms with Crippen LogP contribution in [-0.4, -0.2) is 17.0 Å². The SMILES string of the molecule is CC1(C)CCC(C)(C)c2cc(NC(=O)c3ccccc3C(=O)O)ccc21. The van der Waals surface area contributed by atoms with Crippen molar-refractivity contribution in [3.8, 4) is 0 Å². The van der Waals surface area contributed by atoms with E-state index in [1.165, 1.54) is 23.3 Å². The van der Waals surface area contributed by atoms with Crippen LogP contribution in [0.2, 0.25) is 0 Å². The lowest BCUT2D eigenvalue weighted by Crippen LogP contribution is -2.33. The molecule has 0 spiro atoms. The van der Waals surface area contributed by atoms with Gasteiger partial charge in [0.15, 0.2) is 0 Å². The Kier molecular flexibility index (Phi) is 4.39. The minimum Gasteiger partial charge on any atom is -0.478 e. The fourth-order valence-corrected chi connectivity index (χ4v) is 3.73. The number of carbonyl (C=O) groups is 2. The number of carboxylic acids is 1. The summed E-state index contributed by atoms with van der Waals surface area (Å²) in [6, 6.07) is 12.3. The highest BCUT2D eigenvalue weighted by Crippen LogP contribution is 2.46. The first-order valence-corrected chi connectivity index (χ1v) is 8.90. The summed E-state index contributed by atoms with van der Waals surface area (Å²) in [4.78, 5) is 24.0. The topological polar surface area (TPSA) is 66.4 Å². The smallest absolute Gasteiger partial charge is 0.336 e. The second kappa shape index (κ2) is 6.27. The van der Waals surface area contributed by atoms with Crippen molar-refractivity contribution in [2.24, 2.45) is 0 Å². The summed E-state index contributed by atoms with van der Waals surface area (Å²) in [6.07, 6.45) is 2.22. The molecule has 0 unspecified atom stereocenters.